The molecule has 1 aromatic carbocycles. The van der Waals surface area contributed by atoms with Crippen molar-refractivity contribution < 1.29 is 8.42 Å². The molecular formula is C17H26BrNO2S. The van der Waals surface area contributed by atoms with E-state index in [1.807, 2.05) is 13.0 Å². The molecule has 0 aliphatic rings. The smallest absolute Gasteiger partial charge is 0.264 e. The van der Waals surface area contributed by atoms with Gasteiger partial charge in [0.1, 0.15) is 0 Å². The first-order valence-corrected chi connectivity index (χ1v) is 10.3. The summed E-state index contributed by atoms with van der Waals surface area (Å²) in [6, 6.07) is 8.66. The van der Waals surface area contributed by atoms with Crippen LogP contribution in [0.1, 0.15) is 52.4 Å². The summed E-state index contributed by atoms with van der Waals surface area (Å²) >= 11 is 3.35. The first-order chi connectivity index (χ1) is 10.6. The molecule has 0 spiro atoms. The first kappa shape index (κ1) is 19.2. The van der Waals surface area contributed by atoms with Gasteiger partial charge in [-0.1, -0.05) is 67.2 Å². The molecule has 0 aliphatic heterocycles. The molecule has 0 aliphatic carbocycles. The monoisotopic (exact) mass is 387 g/mol. The minimum Gasteiger partial charge on any atom is -0.270 e. The Morgan fingerprint density at radius 3 is 2.32 bits per heavy atom. The quantitative estimate of drug-likeness (QED) is 0.511. The van der Waals surface area contributed by atoms with Gasteiger partial charge < -0.3 is 0 Å². The Hall–Kier alpha value is -0.810. The molecule has 0 fully saturated rings. The Kier molecular flexibility index (Phi) is 8.79. The third-order valence-corrected chi connectivity index (χ3v) is 5.88. The van der Waals surface area contributed by atoms with Crippen molar-refractivity contribution in [2.24, 2.45) is 0 Å². The Morgan fingerprint density at radius 1 is 1.09 bits per heavy atom. The van der Waals surface area contributed by atoms with Crippen molar-refractivity contribution >= 4 is 26.0 Å². The third-order valence-electron chi connectivity index (χ3n) is 3.49. The van der Waals surface area contributed by atoms with Crippen molar-refractivity contribution in [2.75, 3.05) is 6.54 Å². The van der Waals surface area contributed by atoms with Gasteiger partial charge >= 0.3 is 0 Å². The zero-order valence-electron chi connectivity index (χ0n) is 13.5. The molecule has 3 nitrogen and oxygen atoms in total. The van der Waals surface area contributed by atoms with Crippen molar-refractivity contribution in [3.63, 3.8) is 0 Å². The molecular weight excluding hydrogens is 362 g/mol. The normalized spacial score (nSPS) is 12.4. The van der Waals surface area contributed by atoms with Gasteiger partial charge in [0.25, 0.3) is 10.0 Å². The summed E-state index contributed by atoms with van der Waals surface area (Å²) in [5.74, 6) is 0. The lowest BCUT2D eigenvalue weighted by Gasteiger charge is -2.26. The van der Waals surface area contributed by atoms with Crippen molar-refractivity contribution in [3.8, 4) is 0 Å². The van der Waals surface area contributed by atoms with Gasteiger partial charge in [-0.3, -0.25) is 4.31 Å². The van der Waals surface area contributed by atoms with Gasteiger partial charge in [-0.2, -0.15) is 0 Å². The minimum atomic E-state index is -3.48. The predicted octanol–water partition coefficient (Wildman–Crippen LogP) is 5.29. The lowest BCUT2D eigenvalue weighted by atomic mass is 10.1. The van der Waals surface area contributed by atoms with Crippen molar-refractivity contribution in [2.45, 2.75) is 57.3 Å². The van der Waals surface area contributed by atoms with Crippen LogP contribution in [0.25, 0.3) is 0 Å². The first-order valence-electron chi connectivity index (χ1n) is 7.95. The van der Waals surface area contributed by atoms with Crippen molar-refractivity contribution in [3.05, 3.63) is 41.0 Å². The summed E-state index contributed by atoms with van der Waals surface area (Å²) in [6.45, 7) is 4.67. The maximum absolute atomic E-state index is 12.9. The highest BCUT2D eigenvalue weighted by molar-refractivity contribution is 9.11. The van der Waals surface area contributed by atoms with Crippen molar-refractivity contribution in [1.82, 2.24) is 4.31 Å². The van der Waals surface area contributed by atoms with Gasteiger partial charge in [0, 0.05) is 17.2 Å². The van der Waals surface area contributed by atoms with Gasteiger partial charge in [-0.25, -0.2) is 8.42 Å². The van der Waals surface area contributed by atoms with Crippen LogP contribution >= 0.6 is 15.9 Å². The van der Waals surface area contributed by atoms with E-state index in [-0.39, 0.29) is 0 Å². The van der Waals surface area contributed by atoms with Gasteiger partial charge in [-0.05, 0) is 31.4 Å². The van der Waals surface area contributed by atoms with Crippen LogP contribution in [-0.2, 0) is 10.0 Å². The fraction of sp³-hybridized carbons (Fsp3) is 0.529. The zero-order chi connectivity index (χ0) is 16.4. The van der Waals surface area contributed by atoms with Crippen LogP contribution in [-0.4, -0.2) is 19.3 Å². The summed E-state index contributed by atoms with van der Waals surface area (Å²) < 4.78 is 27.3. The molecule has 0 unspecified atom stereocenters. The summed E-state index contributed by atoms with van der Waals surface area (Å²) in [4.78, 5) is 2.11. The second-order valence-electron chi connectivity index (χ2n) is 5.30. The summed E-state index contributed by atoms with van der Waals surface area (Å²) in [5.41, 5.74) is 0.835. The molecule has 0 heterocycles. The fourth-order valence-electron chi connectivity index (χ4n) is 2.31. The number of nitrogens with zero attached hydrogens (tertiary/aromatic N) is 1. The van der Waals surface area contributed by atoms with E-state index in [0.29, 0.717) is 11.4 Å². The minimum absolute atomic E-state index is 0.351. The number of allylic oxidation sites excluding steroid dienone is 1. The largest absolute Gasteiger partial charge is 0.270 e. The molecule has 1 rings (SSSR count). The molecule has 5 heteroatoms. The number of hydrogen-bond donors (Lipinski definition) is 0. The molecule has 0 atom stereocenters. The highest BCUT2D eigenvalue weighted by Crippen LogP contribution is 2.25. The molecule has 0 radical (unpaired) electrons. The topological polar surface area (TPSA) is 37.4 Å². The number of unbranched alkanes of at least 4 members (excludes halogenated alkanes) is 3. The van der Waals surface area contributed by atoms with Crippen molar-refractivity contribution in [1.29, 1.82) is 0 Å². The Morgan fingerprint density at radius 2 is 1.77 bits per heavy atom. The van der Waals surface area contributed by atoms with Crippen LogP contribution in [0, 0.1) is 0 Å². The van der Waals surface area contributed by atoms with Crippen LogP contribution in [0.15, 0.2) is 45.9 Å². The molecule has 0 saturated carbocycles. The average Bonchev–Trinajstić information content (AvgIpc) is 2.54. The van der Waals surface area contributed by atoms with Crippen LogP contribution in [0.5, 0.6) is 0 Å². The second-order valence-corrected chi connectivity index (χ2v) is 7.62. The van der Waals surface area contributed by atoms with E-state index in [4.69, 9.17) is 0 Å². The molecule has 124 valence electrons. The molecule has 0 saturated heterocycles. The van der Waals surface area contributed by atoms with Gasteiger partial charge in [0.05, 0.1) is 4.90 Å². The van der Waals surface area contributed by atoms with Gasteiger partial charge in [-0.15, -0.1) is 0 Å². The summed E-state index contributed by atoms with van der Waals surface area (Å²) in [5, 5.41) is 0. The van der Waals surface area contributed by atoms with E-state index in [1.165, 1.54) is 12.8 Å². The Bertz CT molecular complexity index is 555. The van der Waals surface area contributed by atoms with Gasteiger partial charge in [0.15, 0.2) is 0 Å². The number of halogens is 1. The molecule has 0 bridgehead atoms. The van der Waals surface area contributed by atoms with E-state index in [9.17, 15) is 8.42 Å². The fourth-order valence-corrected chi connectivity index (χ4v) is 4.55. The second kappa shape index (κ2) is 10.1. The summed E-state index contributed by atoms with van der Waals surface area (Å²) in [6.07, 6.45) is 6.06. The summed E-state index contributed by atoms with van der Waals surface area (Å²) in [7, 11) is -3.48. The highest BCUT2D eigenvalue weighted by atomic mass is 79.9. The standard InChI is InChI=1S/C17H26BrNO2S/c1-3-5-6-8-11-16(15-18)19(14-4-2)22(20,21)17-12-9-7-10-13-17/h7,9-10,12-13,15H,3-6,8,11,14H2,1-2H3/b16-15-. The zero-order valence-corrected chi connectivity index (χ0v) is 15.9. The van der Waals surface area contributed by atoms with E-state index in [2.05, 4.69) is 22.9 Å². The van der Waals surface area contributed by atoms with Crippen LogP contribution in [0.3, 0.4) is 0 Å². The molecule has 0 amide bonds. The van der Waals surface area contributed by atoms with E-state index < -0.39 is 10.0 Å². The van der Waals surface area contributed by atoms with Crippen LogP contribution < -0.4 is 0 Å². The number of rotatable bonds is 10. The van der Waals surface area contributed by atoms with Crippen LogP contribution in [0.4, 0.5) is 0 Å². The third kappa shape index (κ3) is 5.43. The van der Waals surface area contributed by atoms with E-state index >= 15 is 0 Å². The van der Waals surface area contributed by atoms with Gasteiger partial charge in [0.2, 0.25) is 0 Å². The highest BCUT2D eigenvalue weighted by Gasteiger charge is 2.25. The average molecular weight is 388 g/mol. The SMILES string of the molecule is CCCCCC/C(=C/Br)N(CCC)S(=O)(=O)c1ccccc1. The molecule has 0 aromatic heterocycles. The maximum Gasteiger partial charge on any atom is 0.264 e. The van der Waals surface area contributed by atoms with E-state index in [0.717, 1.165) is 31.4 Å². The van der Waals surface area contributed by atoms with Crippen LogP contribution in [0.2, 0.25) is 0 Å². The van der Waals surface area contributed by atoms with E-state index in [1.54, 1.807) is 33.6 Å². The lowest BCUT2D eigenvalue weighted by molar-refractivity contribution is 0.455. The predicted molar refractivity (Wildman–Crippen MR) is 96.4 cm³/mol. The molecule has 1 aromatic rings. The Labute approximate surface area is 143 Å². The molecule has 0 N–H and O–H groups in total. The maximum atomic E-state index is 12.9. The molecule has 22 heavy (non-hydrogen) atoms. The lowest BCUT2D eigenvalue weighted by Crippen LogP contribution is -2.31. The number of hydrogen-bond acceptors (Lipinski definition) is 2. The number of benzene rings is 1. The number of sulfonamides is 1. The Balaban J connectivity index is 2.95.